The topological polar surface area (TPSA) is 37.3 Å². The first-order valence-electron chi connectivity index (χ1n) is 2.64. The molecule has 0 aromatic carbocycles. The molecule has 2 atom stereocenters. The molecule has 2 heteroatoms. The summed E-state index contributed by atoms with van der Waals surface area (Å²) in [7, 11) is 0. The second-order valence-corrected chi connectivity index (χ2v) is 1.95. The van der Waals surface area contributed by atoms with E-state index in [1.54, 1.807) is 6.08 Å². The zero-order valence-electron chi connectivity index (χ0n) is 4.45. The fraction of sp³-hybridized carbons (Fsp3) is 0.500. The number of carbonyl (C=O) groups excluding carboxylic acids is 1. The van der Waals surface area contributed by atoms with Crippen molar-refractivity contribution in [2.45, 2.75) is 12.5 Å². The van der Waals surface area contributed by atoms with Crippen LogP contribution >= 0.6 is 0 Å². The van der Waals surface area contributed by atoms with Gasteiger partial charge in [-0.3, -0.25) is 0 Å². The van der Waals surface area contributed by atoms with Crippen molar-refractivity contribution < 1.29 is 9.90 Å². The first-order valence-corrected chi connectivity index (χ1v) is 2.64. The predicted octanol–water partition coefficient (Wildman–Crippen LogP) is 0.122. The molecule has 1 N–H and O–H groups in total. The van der Waals surface area contributed by atoms with E-state index in [1.807, 2.05) is 6.08 Å². The van der Waals surface area contributed by atoms with Gasteiger partial charge >= 0.3 is 0 Å². The Morgan fingerprint density at radius 1 is 1.75 bits per heavy atom. The molecule has 8 heavy (non-hydrogen) atoms. The molecule has 2 unspecified atom stereocenters. The van der Waals surface area contributed by atoms with Gasteiger partial charge in [-0.2, -0.15) is 0 Å². The number of aldehydes is 1. The number of carbonyl (C=O) groups is 1. The van der Waals surface area contributed by atoms with Crippen LogP contribution in [0.2, 0.25) is 0 Å². The summed E-state index contributed by atoms with van der Waals surface area (Å²) in [6, 6.07) is 0. The van der Waals surface area contributed by atoms with Gasteiger partial charge in [-0.15, -0.1) is 0 Å². The highest BCUT2D eigenvalue weighted by molar-refractivity contribution is 5.56. The van der Waals surface area contributed by atoms with Crippen LogP contribution in [0.4, 0.5) is 0 Å². The van der Waals surface area contributed by atoms with E-state index in [1.165, 1.54) is 0 Å². The van der Waals surface area contributed by atoms with Crippen LogP contribution in [0, 0.1) is 5.92 Å². The van der Waals surface area contributed by atoms with Crippen molar-refractivity contribution in [2.75, 3.05) is 0 Å². The number of hydrogen-bond acceptors (Lipinski definition) is 2. The van der Waals surface area contributed by atoms with Gasteiger partial charge in [0.15, 0.2) is 0 Å². The summed E-state index contributed by atoms with van der Waals surface area (Å²) >= 11 is 0. The van der Waals surface area contributed by atoms with E-state index in [-0.39, 0.29) is 5.92 Å². The number of allylic oxidation sites excluding steroid dienone is 1. The van der Waals surface area contributed by atoms with Crippen molar-refractivity contribution >= 4 is 6.29 Å². The summed E-state index contributed by atoms with van der Waals surface area (Å²) in [5.41, 5.74) is 0. The maximum Gasteiger partial charge on any atom is 0.126 e. The Hall–Kier alpha value is -0.630. The molecule has 0 radical (unpaired) electrons. The second-order valence-electron chi connectivity index (χ2n) is 1.95. The van der Waals surface area contributed by atoms with Crippen LogP contribution in [0.25, 0.3) is 0 Å². The lowest BCUT2D eigenvalue weighted by atomic mass is 10.1. The van der Waals surface area contributed by atoms with Gasteiger partial charge in [0.1, 0.15) is 6.29 Å². The smallest absolute Gasteiger partial charge is 0.126 e. The predicted molar refractivity (Wildman–Crippen MR) is 29.3 cm³/mol. The molecule has 0 aliphatic heterocycles. The zero-order valence-corrected chi connectivity index (χ0v) is 4.45. The second kappa shape index (κ2) is 2.09. The number of aliphatic hydroxyl groups excluding tert-OH is 1. The van der Waals surface area contributed by atoms with Gasteiger partial charge in [0.25, 0.3) is 0 Å². The summed E-state index contributed by atoms with van der Waals surface area (Å²) in [5, 5.41) is 8.87. The third-order valence-electron chi connectivity index (χ3n) is 1.35. The molecular weight excluding hydrogens is 104 g/mol. The lowest BCUT2D eigenvalue weighted by Crippen LogP contribution is -2.13. The van der Waals surface area contributed by atoms with Crippen LogP contribution in [-0.4, -0.2) is 17.5 Å². The summed E-state index contributed by atoms with van der Waals surface area (Å²) in [6.45, 7) is 0. The van der Waals surface area contributed by atoms with E-state index < -0.39 is 6.10 Å². The van der Waals surface area contributed by atoms with Crippen molar-refractivity contribution in [3.05, 3.63) is 12.2 Å². The Morgan fingerprint density at radius 3 is 2.75 bits per heavy atom. The summed E-state index contributed by atoms with van der Waals surface area (Å²) in [5.74, 6) is -0.171. The zero-order chi connectivity index (χ0) is 5.98. The van der Waals surface area contributed by atoms with E-state index in [4.69, 9.17) is 5.11 Å². The quantitative estimate of drug-likeness (QED) is 0.386. The monoisotopic (exact) mass is 112 g/mol. The Balaban J connectivity index is 2.50. The number of hydrogen-bond donors (Lipinski definition) is 1. The van der Waals surface area contributed by atoms with Crippen LogP contribution in [-0.2, 0) is 4.79 Å². The van der Waals surface area contributed by atoms with E-state index in [0.717, 1.165) is 6.29 Å². The highest BCUT2D eigenvalue weighted by Gasteiger charge is 2.18. The summed E-state index contributed by atoms with van der Waals surface area (Å²) < 4.78 is 0. The molecule has 0 heterocycles. The minimum atomic E-state index is -0.521. The van der Waals surface area contributed by atoms with E-state index >= 15 is 0 Å². The molecule has 44 valence electrons. The molecule has 0 spiro atoms. The van der Waals surface area contributed by atoms with Crippen molar-refractivity contribution in [3.8, 4) is 0 Å². The minimum absolute atomic E-state index is 0.171. The van der Waals surface area contributed by atoms with Crippen molar-refractivity contribution in [2.24, 2.45) is 5.92 Å². The van der Waals surface area contributed by atoms with Crippen LogP contribution in [0.5, 0.6) is 0 Å². The molecule has 1 aliphatic rings. The van der Waals surface area contributed by atoms with E-state index in [9.17, 15) is 4.79 Å². The Morgan fingerprint density at radius 2 is 2.50 bits per heavy atom. The molecule has 0 amide bonds. The Bertz CT molecular complexity index is 118. The van der Waals surface area contributed by atoms with Gasteiger partial charge in [-0.25, -0.2) is 0 Å². The fourth-order valence-corrected chi connectivity index (χ4v) is 0.793. The van der Waals surface area contributed by atoms with Crippen molar-refractivity contribution in [1.29, 1.82) is 0 Å². The van der Waals surface area contributed by atoms with E-state index in [2.05, 4.69) is 0 Å². The molecule has 0 saturated heterocycles. The maximum atomic E-state index is 10.0. The Kier molecular flexibility index (Phi) is 1.44. The molecule has 0 fully saturated rings. The number of rotatable bonds is 1. The largest absolute Gasteiger partial charge is 0.388 e. The minimum Gasteiger partial charge on any atom is -0.388 e. The molecule has 0 aromatic rings. The molecule has 1 rings (SSSR count). The van der Waals surface area contributed by atoms with Gasteiger partial charge in [-0.05, 0) is 6.42 Å². The fourth-order valence-electron chi connectivity index (χ4n) is 0.793. The summed E-state index contributed by atoms with van der Waals surface area (Å²) in [6.07, 6.45) is 4.45. The van der Waals surface area contributed by atoms with Crippen LogP contribution in [0.15, 0.2) is 12.2 Å². The average molecular weight is 112 g/mol. The van der Waals surface area contributed by atoms with Crippen LogP contribution < -0.4 is 0 Å². The van der Waals surface area contributed by atoms with Gasteiger partial charge in [0.05, 0.1) is 6.10 Å². The normalized spacial score (nSPS) is 35.6. The van der Waals surface area contributed by atoms with Gasteiger partial charge in [0, 0.05) is 5.92 Å². The van der Waals surface area contributed by atoms with Crippen LogP contribution in [0.3, 0.4) is 0 Å². The highest BCUT2D eigenvalue weighted by atomic mass is 16.3. The summed E-state index contributed by atoms with van der Waals surface area (Å²) in [4.78, 5) is 10.0. The average Bonchev–Trinajstić information content (AvgIpc) is 2.14. The maximum absolute atomic E-state index is 10.0. The molecule has 0 bridgehead atoms. The van der Waals surface area contributed by atoms with Crippen molar-refractivity contribution in [3.63, 3.8) is 0 Å². The standard InChI is InChI=1S/C6H8O2/c7-4-5-2-1-3-6(5)8/h1,3-6,8H,2H2. The molecule has 0 saturated carbocycles. The lowest BCUT2D eigenvalue weighted by Gasteiger charge is -2.02. The van der Waals surface area contributed by atoms with Gasteiger partial charge < -0.3 is 9.90 Å². The third kappa shape index (κ3) is 0.793. The third-order valence-corrected chi connectivity index (χ3v) is 1.35. The SMILES string of the molecule is O=CC1CC=CC1O. The number of aliphatic hydroxyl groups is 1. The first-order chi connectivity index (χ1) is 3.84. The lowest BCUT2D eigenvalue weighted by molar-refractivity contribution is -0.112. The molecular formula is C6H8O2. The molecule has 0 aromatic heterocycles. The molecule has 2 nitrogen and oxygen atoms in total. The Labute approximate surface area is 47.8 Å². The van der Waals surface area contributed by atoms with Gasteiger partial charge in [0.2, 0.25) is 0 Å². The molecule has 1 aliphatic carbocycles. The van der Waals surface area contributed by atoms with E-state index in [0.29, 0.717) is 6.42 Å². The first kappa shape index (κ1) is 5.51. The van der Waals surface area contributed by atoms with Gasteiger partial charge in [-0.1, -0.05) is 12.2 Å². The highest BCUT2D eigenvalue weighted by Crippen LogP contribution is 2.15. The van der Waals surface area contributed by atoms with Crippen LogP contribution in [0.1, 0.15) is 6.42 Å². The van der Waals surface area contributed by atoms with Crippen molar-refractivity contribution in [1.82, 2.24) is 0 Å².